The Morgan fingerprint density at radius 2 is 1.79 bits per heavy atom. The summed E-state index contributed by atoms with van der Waals surface area (Å²) in [7, 11) is 0. The van der Waals surface area contributed by atoms with Crippen molar-refractivity contribution in [3.05, 3.63) is 70.2 Å². The number of hydrogen-bond acceptors (Lipinski definition) is 1. The molecular weight excluding hydrogens is 268 g/mol. The summed E-state index contributed by atoms with van der Waals surface area (Å²) < 4.78 is 26.5. The molecule has 0 saturated heterocycles. The van der Waals surface area contributed by atoms with Crippen LogP contribution in [-0.4, -0.2) is 0 Å². The first kappa shape index (κ1) is 14.0. The summed E-state index contributed by atoms with van der Waals surface area (Å²) in [6.07, 6.45) is 0.369. The van der Waals surface area contributed by atoms with Gasteiger partial charge in [0.15, 0.2) is 0 Å². The molecule has 1 unspecified atom stereocenters. The molecule has 0 bridgehead atoms. The average molecular weight is 282 g/mol. The zero-order valence-electron chi connectivity index (χ0n) is 10.5. The van der Waals surface area contributed by atoms with Gasteiger partial charge in [-0.3, -0.25) is 0 Å². The highest BCUT2D eigenvalue weighted by molar-refractivity contribution is 6.31. The van der Waals surface area contributed by atoms with E-state index in [1.54, 1.807) is 19.1 Å². The molecule has 0 aliphatic carbocycles. The average Bonchev–Trinajstić information content (AvgIpc) is 2.31. The van der Waals surface area contributed by atoms with E-state index in [-0.39, 0.29) is 5.82 Å². The predicted molar refractivity (Wildman–Crippen MR) is 73.1 cm³/mol. The largest absolute Gasteiger partial charge is 0.321 e. The Balaban J connectivity index is 2.34. The highest BCUT2D eigenvalue weighted by Crippen LogP contribution is 2.29. The fraction of sp³-hybridized carbons (Fsp3) is 0.200. The van der Waals surface area contributed by atoms with Crippen LogP contribution in [0.4, 0.5) is 8.78 Å². The van der Waals surface area contributed by atoms with Crippen LogP contribution < -0.4 is 5.73 Å². The maximum atomic E-state index is 13.3. The Kier molecular flexibility index (Phi) is 3.88. The van der Waals surface area contributed by atoms with Gasteiger partial charge in [0.1, 0.15) is 11.6 Å². The van der Waals surface area contributed by atoms with Gasteiger partial charge >= 0.3 is 0 Å². The predicted octanol–water partition coefficient (Wildman–Crippen LogP) is 4.03. The Hall–Kier alpha value is -1.45. The van der Waals surface area contributed by atoms with E-state index < -0.39 is 11.4 Å². The first-order chi connectivity index (χ1) is 8.88. The molecule has 0 radical (unpaired) electrons. The van der Waals surface area contributed by atoms with Gasteiger partial charge in [0, 0.05) is 10.6 Å². The Morgan fingerprint density at radius 1 is 1.11 bits per heavy atom. The molecule has 0 heterocycles. The highest BCUT2D eigenvalue weighted by Gasteiger charge is 2.25. The minimum atomic E-state index is -0.868. The summed E-state index contributed by atoms with van der Waals surface area (Å²) in [6, 6.07) is 10.3. The molecule has 1 atom stereocenters. The number of hydrogen-bond donors (Lipinski definition) is 1. The molecule has 0 fully saturated rings. The fourth-order valence-corrected chi connectivity index (χ4v) is 2.43. The lowest BCUT2D eigenvalue weighted by molar-refractivity contribution is 0.485. The van der Waals surface area contributed by atoms with Gasteiger partial charge in [-0.2, -0.15) is 0 Å². The van der Waals surface area contributed by atoms with E-state index in [0.717, 1.165) is 5.56 Å². The van der Waals surface area contributed by atoms with E-state index in [4.69, 9.17) is 17.3 Å². The first-order valence-electron chi connectivity index (χ1n) is 5.87. The van der Waals surface area contributed by atoms with Gasteiger partial charge in [-0.1, -0.05) is 23.7 Å². The monoisotopic (exact) mass is 281 g/mol. The molecule has 0 aliphatic heterocycles. The standard InChI is InChI=1S/C15H14ClF2N/c1-15(19,9-10-3-2-4-11(17)7-10)13-8-12(18)5-6-14(13)16/h2-8H,9,19H2,1H3. The smallest absolute Gasteiger partial charge is 0.123 e. The number of rotatable bonds is 3. The molecule has 0 amide bonds. The van der Waals surface area contributed by atoms with Crippen molar-refractivity contribution < 1.29 is 8.78 Å². The molecule has 0 spiro atoms. The van der Waals surface area contributed by atoms with E-state index in [9.17, 15) is 8.78 Å². The molecule has 19 heavy (non-hydrogen) atoms. The van der Waals surface area contributed by atoms with Crippen LogP contribution in [0, 0.1) is 11.6 Å². The van der Waals surface area contributed by atoms with E-state index in [0.29, 0.717) is 17.0 Å². The molecule has 2 aromatic carbocycles. The van der Waals surface area contributed by atoms with Crippen LogP contribution in [0.1, 0.15) is 18.1 Å². The minimum Gasteiger partial charge on any atom is -0.321 e. The van der Waals surface area contributed by atoms with Crippen LogP contribution in [-0.2, 0) is 12.0 Å². The molecule has 0 aromatic heterocycles. The van der Waals surface area contributed by atoms with Gasteiger partial charge in [0.05, 0.1) is 0 Å². The van der Waals surface area contributed by atoms with Crippen LogP contribution in [0.2, 0.25) is 5.02 Å². The lowest BCUT2D eigenvalue weighted by Gasteiger charge is -2.26. The van der Waals surface area contributed by atoms with Crippen LogP contribution in [0.5, 0.6) is 0 Å². The summed E-state index contributed by atoms with van der Waals surface area (Å²) >= 11 is 6.06. The molecule has 2 N–H and O–H groups in total. The molecule has 2 rings (SSSR count). The van der Waals surface area contributed by atoms with Crippen molar-refractivity contribution in [1.29, 1.82) is 0 Å². The van der Waals surface area contributed by atoms with Crippen LogP contribution in [0.3, 0.4) is 0 Å². The van der Waals surface area contributed by atoms with Crippen LogP contribution in [0.25, 0.3) is 0 Å². The third-order valence-corrected chi connectivity index (χ3v) is 3.33. The Bertz CT molecular complexity index is 596. The number of nitrogens with two attached hydrogens (primary N) is 1. The van der Waals surface area contributed by atoms with Gasteiger partial charge in [0.25, 0.3) is 0 Å². The first-order valence-corrected chi connectivity index (χ1v) is 6.25. The van der Waals surface area contributed by atoms with Crippen molar-refractivity contribution in [1.82, 2.24) is 0 Å². The molecule has 4 heteroatoms. The minimum absolute atomic E-state index is 0.321. The normalized spacial score (nSPS) is 14.2. The van der Waals surface area contributed by atoms with Crippen molar-refractivity contribution in [2.45, 2.75) is 18.9 Å². The highest BCUT2D eigenvalue weighted by atomic mass is 35.5. The maximum Gasteiger partial charge on any atom is 0.123 e. The summed E-state index contributed by atoms with van der Waals surface area (Å²) in [5.41, 5.74) is 6.60. The van der Waals surface area contributed by atoms with Crippen LogP contribution in [0.15, 0.2) is 42.5 Å². The Morgan fingerprint density at radius 3 is 2.47 bits per heavy atom. The number of halogens is 3. The van der Waals surface area contributed by atoms with Crippen LogP contribution >= 0.6 is 11.6 Å². The summed E-state index contributed by atoms with van der Waals surface area (Å²) in [6.45, 7) is 1.75. The molecule has 1 nitrogen and oxygen atoms in total. The second kappa shape index (κ2) is 5.27. The summed E-state index contributed by atoms with van der Waals surface area (Å²) in [5.74, 6) is -0.714. The van der Waals surface area contributed by atoms with Crippen molar-refractivity contribution in [3.63, 3.8) is 0 Å². The summed E-state index contributed by atoms with van der Waals surface area (Å²) in [4.78, 5) is 0. The van der Waals surface area contributed by atoms with Gasteiger partial charge < -0.3 is 5.73 Å². The van der Waals surface area contributed by atoms with E-state index >= 15 is 0 Å². The summed E-state index contributed by atoms with van der Waals surface area (Å²) in [5, 5.41) is 0.405. The van der Waals surface area contributed by atoms with Gasteiger partial charge in [0.2, 0.25) is 0 Å². The molecule has 0 aliphatic rings. The molecule has 100 valence electrons. The zero-order chi connectivity index (χ0) is 14.0. The van der Waals surface area contributed by atoms with Gasteiger partial charge in [-0.05, 0) is 54.8 Å². The maximum absolute atomic E-state index is 13.3. The van der Waals surface area contributed by atoms with E-state index in [1.165, 1.54) is 30.3 Å². The van der Waals surface area contributed by atoms with E-state index in [1.807, 2.05) is 0 Å². The van der Waals surface area contributed by atoms with Gasteiger partial charge in [-0.15, -0.1) is 0 Å². The molecule has 0 saturated carbocycles. The van der Waals surface area contributed by atoms with Gasteiger partial charge in [-0.25, -0.2) is 8.78 Å². The van der Waals surface area contributed by atoms with E-state index in [2.05, 4.69) is 0 Å². The quantitative estimate of drug-likeness (QED) is 0.903. The molecule has 2 aromatic rings. The van der Waals surface area contributed by atoms with Crippen molar-refractivity contribution in [2.75, 3.05) is 0 Å². The van der Waals surface area contributed by atoms with Crippen molar-refractivity contribution in [2.24, 2.45) is 5.73 Å². The zero-order valence-corrected chi connectivity index (χ0v) is 11.2. The SMILES string of the molecule is CC(N)(Cc1cccc(F)c1)c1cc(F)ccc1Cl. The second-order valence-corrected chi connectivity index (χ2v) is 5.26. The lowest BCUT2D eigenvalue weighted by atomic mass is 9.86. The fourth-order valence-electron chi connectivity index (χ4n) is 2.10. The topological polar surface area (TPSA) is 26.0 Å². The van der Waals surface area contributed by atoms with Crippen molar-refractivity contribution >= 4 is 11.6 Å². The van der Waals surface area contributed by atoms with Crippen molar-refractivity contribution in [3.8, 4) is 0 Å². The molecular formula is C15H14ClF2N. The number of benzene rings is 2. The third-order valence-electron chi connectivity index (χ3n) is 3.00. The lowest BCUT2D eigenvalue weighted by Crippen LogP contribution is -2.36. The third kappa shape index (κ3) is 3.31. The second-order valence-electron chi connectivity index (χ2n) is 4.85. The Labute approximate surface area is 116 Å².